The second-order valence-corrected chi connectivity index (χ2v) is 10.3. The molecule has 28 heavy (non-hydrogen) atoms. The van der Waals surface area contributed by atoms with Crippen LogP contribution in [0.25, 0.3) is 10.9 Å². The molecule has 0 spiro atoms. The van der Waals surface area contributed by atoms with Crippen molar-refractivity contribution in [2.24, 2.45) is 0 Å². The zero-order valence-corrected chi connectivity index (χ0v) is 17.3. The largest absolute Gasteiger partial charge is 0.351 e. The van der Waals surface area contributed by atoms with Crippen molar-refractivity contribution in [1.29, 1.82) is 0 Å². The number of benzene rings is 1. The van der Waals surface area contributed by atoms with Gasteiger partial charge in [-0.15, -0.1) is 11.3 Å². The van der Waals surface area contributed by atoms with Gasteiger partial charge in [0, 0.05) is 28.0 Å². The minimum Gasteiger partial charge on any atom is -0.351 e. The maximum Gasteiger partial charge on any atom is 0.268 e. The van der Waals surface area contributed by atoms with Gasteiger partial charge < -0.3 is 10.3 Å². The Balaban J connectivity index is 1.50. The highest BCUT2D eigenvalue weighted by Crippen LogP contribution is 2.24. The SMILES string of the molecule is O=C(N[C@H]1CCCC[C@H]1NS(=O)(=O)c1cccs1)c1cc2cc(Cl)ccc2[nH]1. The lowest BCUT2D eigenvalue weighted by molar-refractivity contribution is 0.0914. The van der Waals surface area contributed by atoms with Crippen molar-refractivity contribution in [2.75, 3.05) is 0 Å². The quantitative estimate of drug-likeness (QED) is 0.565. The van der Waals surface area contributed by atoms with Crippen molar-refractivity contribution in [1.82, 2.24) is 15.0 Å². The Morgan fingerprint density at radius 1 is 1.14 bits per heavy atom. The van der Waals surface area contributed by atoms with E-state index in [1.807, 2.05) is 6.07 Å². The summed E-state index contributed by atoms with van der Waals surface area (Å²) in [4.78, 5) is 15.8. The van der Waals surface area contributed by atoms with E-state index >= 15 is 0 Å². The van der Waals surface area contributed by atoms with Gasteiger partial charge in [-0.1, -0.05) is 30.5 Å². The molecule has 4 rings (SSSR count). The summed E-state index contributed by atoms with van der Waals surface area (Å²) in [5, 5.41) is 6.20. The molecule has 6 nitrogen and oxygen atoms in total. The number of hydrogen-bond donors (Lipinski definition) is 3. The minimum atomic E-state index is -3.58. The second kappa shape index (κ2) is 7.87. The maximum absolute atomic E-state index is 12.8. The molecule has 0 bridgehead atoms. The molecule has 1 saturated carbocycles. The van der Waals surface area contributed by atoms with Gasteiger partial charge in [0.05, 0.1) is 0 Å². The Morgan fingerprint density at radius 3 is 2.68 bits per heavy atom. The number of amides is 1. The summed E-state index contributed by atoms with van der Waals surface area (Å²) in [6, 6.07) is 9.84. The number of aromatic nitrogens is 1. The predicted octanol–water partition coefficient (Wildman–Crippen LogP) is 3.90. The maximum atomic E-state index is 12.8. The highest BCUT2D eigenvalue weighted by Gasteiger charge is 2.31. The Bertz CT molecular complexity index is 1090. The molecular formula is C19H20ClN3O3S2. The summed E-state index contributed by atoms with van der Waals surface area (Å²) in [7, 11) is -3.58. The molecule has 1 aliphatic rings. The lowest BCUT2D eigenvalue weighted by Crippen LogP contribution is -2.53. The zero-order chi connectivity index (χ0) is 19.7. The molecular weight excluding hydrogens is 418 g/mol. The number of sulfonamides is 1. The van der Waals surface area contributed by atoms with Crippen LogP contribution in [0.1, 0.15) is 36.2 Å². The molecule has 0 aliphatic heterocycles. The van der Waals surface area contributed by atoms with Crippen molar-refractivity contribution < 1.29 is 13.2 Å². The number of thiophene rings is 1. The topological polar surface area (TPSA) is 91.1 Å². The molecule has 1 aliphatic carbocycles. The van der Waals surface area contributed by atoms with Gasteiger partial charge in [-0.3, -0.25) is 4.79 Å². The highest BCUT2D eigenvalue weighted by molar-refractivity contribution is 7.91. The lowest BCUT2D eigenvalue weighted by atomic mass is 9.91. The predicted molar refractivity (Wildman–Crippen MR) is 111 cm³/mol. The van der Waals surface area contributed by atoms with Crippen LogP contribution in [0.2, 0.25) is 5.02 Å². The van der Waals surface area contributed by atoms with E-state index in [0.717, 1.165) is 30.2 Å². The Morgan fingerprint density at radius 2 is 1.93 bits per heavy atom. The molecule has 1 aromatic carbocycles. The summed E-state index contributed by atoms with van der Waals surface area (Å²) in [5.74, 6) is -0.250. The van der Waals surface area contributed by atoms with Gasteiger partial charge >= 0.3 is 0 Å². The van der Waals surface area contributed by atoms with Gasteiger partial charge in [0.15, 0.2) is 0 Å². The number of rotatable bonds is 5. The van der Waals surface area contributed by atoms with E-state index in [4.69, 9.17) is 11.6 Å². The molecule has 0 saturated heterocycles. The van der Waals surface area contributed by atoms with E-state index in [1.165, 1.54) is 11.3 Å². The monoisotopic (exact) mass is 437 g/mol. The first-order valence-corrected chi connectivity index (χ1v) is 11.8. The summed E-state index contributed by atoms with van der Waals surface area (Å²) in [6.45, 7) is 0. The number of H-pyrrole nitrogens is 1. The van der Waals surface area contributed by atoms with Gasteiger partial charge in [0.1, 0.15) is 9.90 Å². The molecule has 0 radical (unpaired) electrons. The van der Waals surface area contributed by atoms with Crippen molar-refractivity contribution >= 4 is 49.8 Å². The normalized spacial score (nSPS) is 20.3. The number of fused-ring (bicyclic) bond motifs is 1. The average molecular weight is 438 g/mol. The number of aromatic amines is 1. The van der Waals surface area contributed by atoms with E-state index in [9.17, 15) is 13.2 Å². The number of carbonyl (C=O) groups is 1. The van der Waals surface area contributed by atoms with Gasteiger partial charge in [0.25, 0.3) is 5.91 Å². The molecule has 1 amide bonds. The third-order valence-corrected chi connectivity index (χ3v) is 8.10. The summed E-state index contributed by atoms with van der Waals surface area (Å²) < 4.78 is 28.2. The van der Waals surface area contributed by atoms with Crippen LogP contribution in [0.15, 0.2) is 46.0 Å². The van der Waals surface area contributed by atoms with Crippen LogP contribution >= 0.6 is 22.9 Å². The Hall–Kier alpha value is -1.87. The summed E-state index contributed by atoms with van der Waals surface area (Å²) in [6.07, 6.45) is 3.30. The van der Waals surface area contributed by atoms with E-state index in [1.54, 1.807) is 35.7 Å². The first kappa shape index (κ1) is 19.4. The van der Waals surface area contributed by atoms with E-state index in [-0.39, 0.29) is 22.2 Å². The first-order valence-electron chi connectivity index (χ1n) is 9.07. The van der Waals surface area contributed by atoms with Crippen LogP contribution in [0.3, 0.4) is 0 Å². The summed E-state index contributed by atoms with van der Waals surface area (Å²) in [5.41, 5.74) is 1.26. The van der Waals surface area contributed by atoms with Gasteiger partial charge in [-0.2, -0.15) is 0 Å². The molecule has 2 heterocycles. The molecule has 148 valence electrons. The second-order valence-electron chi connectivity index (χ2n) is 6.94. The molecule has 2 atom stereocenters. The van der Waals surface area contributed by atoms with Crippen LogP contribution < -0.4 is 10.0 Å². The molecule has 2 aromatic heterocycles. The van der Waals surface area contributed by atoms with Crippen molar-refractivity contribution in [3.05, 3.63) is 52.5 Å². The highest BCUT2D eigenvalue weighted by atomic mass is 35.5. The molecule has 3 N–H and O–H groups in total. The van der Waals surface area contributed by atoms with Gasteiger partial charge in [-0.25, -0.2) is 13.1 Å². The Labute approximate surface area is 172 Å². The Kier molecular flexibility index (Phi) is 5.46. The molecule has 9 heteroatoms. The molecule has 0 unspecified atom stereocenters. The van der Waals surface area contributed by atoms with Gasteiger partial charge in [-0.05, 0) is 48.6 Å². The van der Waals surface area contributed by atoms with Crippen molar-refractivity contribution in [3.8, 4) is 0 Å². The van der Waals surface area contributed by atoms with E-state index in [0.29, 0.717) is 17.1 Å². The number of nitrogens with one attached hydrogen (secondary N) is 3. The van der Waals surface area contributed by atoms with E-state index in [2.05, 4.69) is 15.0 Å². The summed E-state index contributed by atoms with van der Waals surface area (Å²) >= 11 is 7.19. The number of carbonyl (C=O) groups excluding carboxylic acids is 1. The zero-order valence-electron chi connectivity index (χ0n) is 14.9. The fraction of sp³-hybridized carbons (Fsp3) is 0.316. The van der Waals surface area contributed by atoms with Crippen molar-refractivity contribution in [2.45, 2.75) is 42.0 Å². The van der Waals surface area contributed by atoms with Crippen LogP contribution in [0.4, 0.5) is 0 Å². The number of hydrogen-bond acceptors (Lipinski definition) is 4. The third kappa shape index (κ3) is 4.10. The fourth-order valence-electron chi connectivity index (χ4n) is 3.59. The van der Waals surface area contributed by atoms with Crippen LogP contribution in [0, 0.1) is 0 Å². The van der Waals surface area contributed by atoms with Crippen molar-refractivity contribution in [3.63, 3.8) is 0 Å². The van der Waals surface area contributed by atoms with Gasteiger partial charge in [0.2, 0.25) is 10.0 Å². The van der Waals surface area contributed by atoms with E-state index < -0.39 is 10.0 Å². The minimum absolute atomic E-state index is 0.250. The van der Waals surface area contributed by atoms with Crippen LogP contribution in [-0.2, 0) is 10.0 Å². The van der Waals surface area contributed by atoms with Crippen LogP contribution in [-0.4, -0.2) is 31.4 Å². The molecule has 3 aromatic rings. The number of halogens is 1. The standard InChI is InChI=1S/C19H20ClN3O3S2/c20-13-7-8-14-12(10-13)11-17(21-14)19(24)22-15-4-1-2-5-16(15)23-28(25,26)18-6-3-9-27-18/h3,6-11,15-16,21,23H,1-2,4-5H2,(H,22,24)/t15-,16+/m0/s1. The first-order chi connectivity index (χ1) is 13.4. The fourth-order valence-corrected chi connectivity index (χ4v) is 6.09. The third-order valence-electron chi connectivity index (χ3n) is 4.98. The lowest BCUT2D eigenvalue weighted by Gasteiger charge is -2.32. The molecule has 1 fully saturated rings. The smallest absolute Gasteiger partial charge is 0.268 e. The van der Waals surface area contributed by atoms with Crippen LogP contribution in [0.5, 0.6) is 0 Å². The average Bonchev–Trinajstić information content (AvgIpc) is 3.32.